The smallest absolute Gasteiger partial charge is 0.261 e. The van der Waals surface area contributed by atoms with E-state index in [1.54, 1.807) is 34.3 Å². The van der Waals surface area contributed by atoms with E-state index in [0.29, 0.717) is 11.2 Å². The van der Waals surface area contributed by atoms with Crippen LogP contribution < -0.4 is 15.4 Å². The van der Waals surface area contributed by atoms with E-state index in [2.05, 4.69) is 34.8 Å². The highest BCUT2D eigenvalue weighted by atomic mass is 16.1. The van der Waals surface area contributed by atoms with Crippen LogP contribution in [0.4, 0.5) is 11.5 Å². The number of hydrogen-bond acceptors (Lipinski definition) is 8. The molecule has 0 unspecified atom stereocenters. The largest absolute Gasteiger partial charge is 0.368 e. The van der Waals surface area contributed by atoms with E-state index >= 15 is 0 Å². The van der Waals surface area contributed by atoms with Crippen molar-refractivity contribution in [1.82, 2.24) is 34.3 Å². The minimum Gasteiger partial charge on any atom is -0.368 e. The van der Waals surface area contributed by atoms with Crippen LogP contribution in [0.3, 0.4) is 0 Å². The van der Waals surface area contributed by atoms with Gasteiger partial charge in [-0.2, -0.15) is 5.10 Å². The number of rotatable bonds is 4. The molecule has 1 saturated heterocycles. The number of aromatic nitrogens is 7. The van der Waals surface area contributed by atoms with Crippen LogP contribution in [0.25, 0.3) is 16.7 Å². The Labute approximate surface area is 178 Å². The topological polar surface area (TPSA) is 97.9 Å². The summed E-state index contributed by atoms with van der Waals surface area (Å²) < 4.78 is 3.26. The molecule has 0 spiro atoms. The predicted molar refractivity (Wildman–Crippen MR) is 118 cm³/mol. The van der Waals surface area contributed by atoms with E-state index in [9.17, 15) is 4.79 Å². The summed E-state index contributed by atoms with van der Waals surface area (Å²) in [5.41, 5.74) is 1.80. The number of benzene rings is 1. The molecule has 158 valence electrons. The van der Waals surface area contributed by atoms with E-state index < -0.39 is 0 Å². The fourth-order valence-corrected chi connectivity index (χ4v) is 3.82. The quantitative estimate of drug-likeness (QED) is 0.495. The first-order chi connectivity index (χ1) is 15.1. The maximum absolute atomic E-state index is 12.6. The predicted octanol–water partition coefficient (Wildman–Crippen LogP) is 1.67. The van der Waals surface area contributed by atoms with E-state index in [0.717, 1.165) is 43.2 Å². The molecule has 31 heavy (non-hydrogen) atoms. The van der Waals surface area contributed by atoms with Gasteiger partial charge in [0, 0.05) is 37.9 Å². The summed E-state index contributed by atoms with van der Waals surface area (Å²) in [4.78, 5) is 34.6. The SMILES string of the molecule is CC(C)n1cnc2cc(N3CCN(c4cncc(-n5cncn5)n4)CC3)ccc2c1=O. The minimum absolute atomic E-state index is 0.00204. The van der Waals surface area contributed by atoms with Crippen molar-refractivity contribution >= 4 is 22.4 Å². The third kappa shape index (κ3) is 3.60. The molecule has 4 aromatic rings. The fourth-order valence-electron chi connectivity index (χ4n) is 3.82. The number of hydrogen-bond donors (Lipinski definition) is 0. The van der Waals surface area contributed by atoms with Crippen molar-refractivity contribution in [1.29, 1.82) is 0 Å². The summed E-state index contributed by atoms with van der Waals surface area (Å²) >= 11 is 0. The molecule has 0 aliphatic carbocycles. The van der Waals surface area contributed by atoms with Crippen molar-refractivity contribution < 1.29 is 0 Å². The van der Waals surface area contributed by atoms with Crippen LogP contribution in [0, 0.1) is 0 Å². The molecule has 0 radical (unpaired) electrons. The van der Waals surface area contributed by atoms with Crippen LogP contribution in [0.15, 0.2) is 54.4 Å². The van der Waals surface area contributed by atoms with Gasteiger partial charge in [0.05, 0.1) is 29.6 Å². The Bertz CT molecular complexity index is 1260. The number of anilines is 2. The van der Waals surface area contributed by atoms with Crippen LogP contribution in [0.2, 0.25) is 0 Å². The molecular weight excluding hydrogens is 394 g/mol. The Morgan fingerprint density at radius 2 is 1.71 bits per heavy atom. The van der Waals surface area contributed by atoms with Crippen LogP contribution in [0.1, 0.15) is 19.9 Å². The molecule has 10 heteroatoms. The summed E-state index contributed by atoms with van der Waals surface area (Å²) in [6, 6.07) is 5.99. The number of piperazine rings is 1. The standard InChI is InChI=1S/C21H23N9O/c1-15(2)29-14-24-18-9-16(3-4-17(18)21(29)31)27-5-7-28(8-6-27)19-10-22-11-20(26-19)30-13-23-12-25-30/h3-4,9-15H,5-8H2,1-2H3. The number of fused-ring (bicyclic) bond motifs is 1. The number of nitrogens with zero attached hydrogens (tertiary/aromatic N) is 9. The lowest BCUT2D eigenvalue weighted by Crippen LogP contribution is -2.47. The molecule has 5 rings (SSSR count). The first-order valence-corrected chi connectivity index (χ1v) is 10.3. The van der Waals surface area contributed by atoms with Crippen LogP contribution in [-0.4, -0.2) is 60.5 Å². The van der Waals surface area contributed by atoms with Crippen molar-refractivity contribution in [3.8, 4) is 5.82 Å². The Morgan fingerprint density at radius 3 is 2.45 bits per heavy atom. The lowest BCUT2D eigenvalue weighted by atomic mass is 10.2. The lowest BCUT2D eigenvalue weighted by Gasteiger charge is -2.36. The minimum atomic E-state index is 0.00204. The summed E-state index contributed by atoms with van der Waals surface area (Å²) in [5, 5.41) is 4.77. The molecule has 4 heterocycles. The molecule has 0 bridgehead atoms. The van der Waals surface area contributed by atoms with Gasteiger partial charge in [-0.25, -0.2) is 19.6 Å². The Balaban J connectivity index is 1.33. The maximum atomic E-state index is 12.6. The van der Waals surface area contributed by atoms with Crippen molar-refractivity contribution in [2.45, 2.75) is 19.9 Å². The monoisotopic (exact) mass is 417 g/mol. The van der Waals surface area contributed by atoms with Crippen molar-refractivity contribution in [3.05, 3.63) is 59.9 Å². The highest BCUT2D eigenvalue weighted by Gasteiger charge is 2.20. The average molecular weight is 417 g/mol. The van der Waals surface area contributed by atoms with Gasteiger partial charge in [-0.3, -0.25) is 14.3 Å². The second-order valence-electron chi connectivity index (χ2n) is 7.80. The first-order valence-electron chi connectivity index (χ1n) is 10.3. The zero-order valence-corrected chi connectivity index (χ0v) is 17.5. The molecular formula is C21H23N9O. The molecule has 0 saturated carbocycles. The van der Waals surface area contributed by atoms with Gasteiger partial charge in [-0.15, -0.1) is 0 Å². The molecule has 1 aliphatic heterocycles. The van der Waals surface area contributed by atoms with Crippen LogP contribution in [0.5, 0.6) is 0 Å². The van der Waals surface area contributed by atoms with Gasteiger partial charge >= 0.3 is 0 Å². The third-order valence-electron chi connectivity index (χ3n) is 5.56. The summed E-state index contributed by atoms with van der Waals surface area (Å²) in [6.07, 6.45) is 8.16. The van der Waals surface area contributed by atoms with E-state index in [1.807, 2.05) is 32.0 Å². The van der Waals surface area contributed by atoms with E-state index in [-0.39, 0.29) is 11.6 Å². The van der Waals surface area contributed by atoms with Gasteiger partial charge < -0.3 is 9.80 Å². The average Bonchev–Trinajstić information content (AvgIpc) is 3.34. The molecule has 0 N–H and O–H groups in total. The molecule has 10 nitrogen and oxygen atoms in total. The summed E-state index contributed by atoms with van der Waals surface area (Å²) in [7, 11) is 0. The lowest BCUT2D eigenvalue weighted by molar-refractivity contribution is 0.573. The van der Waals surface area contributed by atoms with E-state index in [1.165, 1.54) is 6.33 Å². The third-order valence-corrected chi connectivity index (χ3v) is 5.56. The molecule has 0 atom stereocenters. The Hall–Kier alpha value is -3.82. The summed E-state index contributed by atoms with van der Waals surface area (Å²) in [6.45, 7) is 7.27. The molecule has 0 amide bonds. The van der Waals surface area contributed by atoms with E-state index in [4.69, 9.17) is 0 Å². The van der Waals surface area contributed by atoms with Gasteiger partial charge in [-0.05, 0) is 32.0 Å². The van der Waals surface area contributed by atoms with Crippen LogP contribution in [-0.2, 0) is 0 Å². The van der Waals surface area contributed by atoms with Gasteiger partial charge in [0.15, 0.2) is 5.82 Å². The zero-order chi connectivity index (χ0) is 21.4. The molecule has 1 aliphatic rings. The van der Waals surface area contributed by atoms with Gasteiger partial charge in [0.2, 0.25) is 0 Å². The van der Waals surface area contributed by atoms with Gasteiger partial charge in [-0.1, -0.05) is 0 Å². The Kier molecular flexibility index (Phi) is 4.81. The zero-order valence-electron chi connectivity index (χ0n) is 17.5. The molecule has 1 fully saturated rings. The van der Waals surface area contributed by atoms with Crippen molar-refractivity contribution in [2.75, 3.05) is 36.0 Å². The summed E-state index contributed by atoms with van der Waals surface area (Å²) in [5.74, 6) is 1.46. The van der Waals surface area contributed by atoms with Crippen molar-refractivity contribution in [3.63, 3.8) is 0 Å². The van der Waals surface area contributed by atoms with Gasteiger partial charge in [0.25, 0.3) is 5.56 Å². The van der Waals surface area contributed by atoms with Gasteiger partial charge in [0.1, 0.15) is 18.5 Å². The van der Waals surface area contributed by atoms with Crippen LogP contribution >= 0.6 is 0 Å². The Morgan fingerprint density at radius 1 is 0.935 bits per heavy atom. The molecule has 3 aromatic heterocycles. The first kappa shape index (κ1) is 19.2. The molecule has 1 aromatic carbocycles. The highest BCUT2D eigenvalue weighted by Crippen LogP contribution is 2.22. The second-order valence-corrected chi connectivity index (χ2v) is 7.80. The second kappa shape index (κ2) is 7.78. The normalized spacial score (nSPS) is 14.5. The fraction of sp³-hybridized carbons (Fsp3) is 0.333. The van der Waals surface area contributed by atoms with Crippen molar-refractivity contribution in [2.24, 2.45) is 0 Å². The highest BCUT2D eigenvalue weighted by molar-refractivity contribution is 5.81. The maximum Gasteiger partial charge on any atom is 0.261 e.